The van der Waals surface area contributed by atoms with Crippen LogP contribution >= 0.6 is 0 Å². The van der Waals surface area contributed by atoms with Crippen molar-refractivity contribution < 1.29 is 34.0 Å². The Labute approximate surface area is 137 Å². The van der Waals surface area contributed by atoms with Crippen LogP contribution in [0.2, 0.25) is 7.86 Å². The van der Waals surface area contributed by atoms with E-state index in [1.165, 1.54) is 19.0 Å². The molecule has 0 N–H and O–H groups in total. The van der Waals surface area contributed by atoms with E-state index in [1.807, 2.05) is 0 Å². The molecule has 2 atom stereocenters. The van der Waals surface area contributed by atoms with E-state index in [0.717, 1.165) is 24.3 Å². The predicted octanol–water partition coefficient (Wildman–Crippen LogP) is 3.91. The van der Waals surface area contributed by atoms with Gasteiger partial charge in [0.15, 0.2) is 0 Å². The summed E-state index contributed by atoms with van der Waals surface area (Å²) in [6.07, 6.45) is 3.13. The van der Waals surface area contributed by atoms with Crippen molar-refractivity contribution >= 4 is 0 Å². The normalized spacial score (nSPS) is 21.9. The summed E-state index contributed by atoms with van der Waals surface area (Å²) < 4.78 is 14.8. The molecule has 2 aliphatic rings. The van der Waals surface area contributed by atoms with Crippen LogP contribution < -0.4 is 9.47 Å². The zero-order valence-corrected chi connectivity index (χ0v) is 17.6. The Morgan fingerprint density at radius 1 is 0.762 bits per heavy atom. The fraction of sp³-hybridized carbons (Fsp3) is 0.333. The number of benzene rings is 2. The minimum absolute atomic E-state index is 0.452. The van der Waals surface area contributed by atoms with E-state index in [0.29, 0.717) is 12.2 Å². The average molecular weight is 467 g/mol. The van der Waals surface area contributed by atoms with Gasteiger partial charge in [-0.3, -0.25) is 0 Å². The molecule has 2 nitrogen and oxygen atoms in total. The Morgan fingerprint density at radius 3 is 1.71 bits per heavy atom. The summed E-state index contributed by atoms with van der Waals surface area (Å²) in [6.45, 7) is 0. The van der Waals surface area contributed by atoms with Crippen LogP contribution in [-0.4, -0.2) is 12.2 Å². The van der Waals surface area contributed by atoms with Crippen LogP contribution in [0.3, 0.4) is 0 Å². The third-order valence-electron chi connectivity index (χ3n) is 4.48. The van der Waals surface area contributed by atoms with E-state index in [4.69, 9.17) is 9.47 Å². The number of fused-ring (bicyclic) bond motifs is 2. The molecule has 2 aliphatic heterocycles. The Bertz CT molecular complexity index is 535. The van der Waals surface area contributed by atoms with E-state index in [1.54, 1.807) is 0 Å². The van der Waals surface area contributed by atoms with Crippen molar-refractivity contribution in [3.8, 4) is 11.5 Å². The van der Waals surface area contributed by atoms with E-state index in [-0.39, 0.29) is 0 Å². The molecule has 0 spiro atoms. The van der Waals surface area contributed by atoms with Gasteiger partial charge in [0, 0.05) is 0 Å². The molecule has 0 saturated heterocycles. The summed E-state index contributed by atoms with van der Waals surface area (Å²) in [7, 11) is 0. The number of ether oxygens (including phenoxy) is 2. The van der Waals surface area contributed by atoms with Crippen molar-refractivity contribution in [2.24, 2.45) is 0 Å². The van der Waals surface area contributed by atoms with Gasteiger partial charge < -0.3 is 0 Å². The van der Waals surface area contributed by atoms with Gasteiger partial charge in [-0.2, -0.15) is 0 Å². The second-order valence-corrected chi connectivity index (χ2v) is 13.3. The Balaban J connectivity index is 1.25. The van der Waals surface area contributed by atoms with Crippen molar-refractivity contribution in [1.29, 1.82) is 0 Å². The third-order valence-corrected chi connectivity index (χ3v) is 12.7. The Morgan fingerprint density at radius 2 is 1.24 bits per heavy atom. The van der Waals surface area contributed by atoms with Crippen LogP contribution in [0.1, 0.15) is 11.1 Å². The monoisotopic (exact) mass is 468 g/mol. The summed E-state index contributed by atoms with van der Waals surface area (Å²) in [6, 6.07) is 16.9. The van der Waals surface area contributed by atoms with Gasteiger partial charge in [-0.15, -0.1) is 0 Å². The summed E-state index contributed by atoms with van der Waals surface area (Å²) in [5, 5.41) is 0. The molecule has 3 heteroatoms. The van der Waals surface area contributed by atoms with Gasteiger partial charge in [0.05, 0.1) is 0 Å². The average Bonchev–Trinajstić information content (AvgIpc) is 3.09. The zero-order chi connectivity index (χ0) is 14.1. The predicted molar refractivity (Wildman–Crippen MR) is 78.7 cm³/mol. The molecular weight excluding hydrogens is 449 g/mol. The third kappa shape index (κ3) is 2.96. The first-order valence-electron chi connectivity index (χ1n) is 7.87. The van der Waals surface area contributed by atoms with E-state index < -0.39 is 24.6 Å². The fourth-order valence-electron chi connectivity index (χ4n) is 3.40. The number of rotatable bonds is 4. The summed E-state index contributed by atoms with van der Waals surface area (Å²) in [4.78, 5) is 0. The van der Waals surface area contributed by atoms with Crippen molar-refractivity contribution in [3.63, 3.8) is 0 Å². The first-order valence-corrected chi connectivity index (χ1v) is 15.6. The Hall–Kier alpha value is -1.02. The maximum atomic E-state index is 6.05. The molecule has 0 aromatic heterocycles. The van der Waals surface area contributed by atoms with Gasteiger partial charge in [0.1, 0.15) is 0 Å². The summed E-state index contributed by atoms with van der Waals surface area (Å²) in [5.41, 5.74) is 2.78. The molecule has 2 unspecified atom stereocenters. The summed E-state index contributed by atoms with van der Waals surface area (Å²) >= 11 is -0.903. The van der Waals surface area contributed by atoms with Gasteiger partial charge in [-0.05, 0) is 0 Å². The quantitative estimate of drug-likeness (QED) is 0.636. The van der Waals surface area contributed by atoms with Gasteiger partial charge in [-0.1, -0.05) is 0 Å². The molecule has 0 saturated carbocycles. The van der Waals surface area contributed by atoms with Gasteiger partial charge in [0.25, 0.3) is 0 Å². The number of para-hydroxylation sites is 2. The first kappa shape index (κ1) is 13.6. The SMILES string of the molecule is c1ccc2c(c1)CC([CH2][Hg][CH2]C1Cc3ccccc3O1)O2. The molecule has 2 aromatic carbocycles. The molecule has 0 bridgehead atoms. The molecule has 21 heavy (non-hydrogen) atoms. The molecule has 2 heterocycles. The van der Waals surface area contributed by atoms with E-state index in [2.05, 4.69) is 48.5 Å². The molecule has 0 aliphatic carbocycles. The van der Waals surface area contributed by atoms with Gasteiger partial charge >= 0.3 is 138 Å². The topological polar surface area (TPSA) is 18.5 Å². The Kier molecular flexibility index (Phi) is 3.89. The van der Waals surface area contributed by atoms with Crippen molar-refractivity contribution in [2.75, 3.05) is 0 Å². The fourth-order valence-corrected chi connectivity index (χ4v) is 10.4. The van der Waals surface area contributed by atoms with Crippen LogP contribution in [0, 0.1) is 0 Å². The van der Waals surface area contributed by atoms with Crippen LogP contribution in [0.4, 0.5) is 0 Å². The molecule has 104 valence electrons. The minimum atomic E-state index is -0.903. The van der Waals surface area contributed by atoms with E-state index in [9.17, 15) is 0 Å². The maximum absolute atomic E-state index is 6.05. The number of hydrogen-bond donors (Lipinski definition) is 0. The molecule has 0 radical (unpaired) electrons. The van der Waals surface area contributed by atoms with Gasteiger partial charge in [-0.25, -0.2) is 0 Å². The number of hydrogen-bond acceptors (Lipinski definition) is 2. The molecule has 4 rings (SSSR count). The van der Waals surface area contributed by atoms with Crippen molar-refractivity contribution in [3.05, 3.63) is 59.7 Å². The van der Waals surface area contributed by atoms with Crippen LogP contribution in [0.15, 0.2) is 48.5 Å². The van der Waals surface area contributed by atoms with Crippen molar-refractivity contribution in [1.82, 2.24) is 0 Å². The molecular formula is C18H18HgO2. The molecule has 2 aromatic rings. The zero-order valence-electron chi connectivity index (χ0n) is 12.1. The summed E-state index contributed by atoms with van der Waals surface area (Å²) in [5.74, 6) is 2.22. The van der Waals surface area contributed by atoms with E-state index >= 15 is 0 Å². The molecule has 0 amide bonds. The molecule has 0 fully saturated rings. The second-order valence-electron chi connectivity index (χ2n) is 6.03. The van der Waals surface area contributed by atoms with Crippen LogP contribution in [0.25, 0.3) is 0 Å². The first-order chi connectivity index (χ1) is 10.4. The van der Waals surface area contributed by atoms with Gasteiger partial charge in [0.2, 0.25) is 0 Å². The van der Waals surface area contributed by atoms with Crippen LogP contribution in [0.5, 0.6) is 11.5 Å². The van der Waals surface area contributed by atoms with Crippen molar-refractivity contribution in [2.45, 2.75) is 32.9 Å². The van der Waals surface area contributed by atoms with Crippen LogP contribution in [-0.2, 0) is 37.4 Å². The standard InChI is InChI=1S/2C9H9O.Hg/c2*1-7-6-8-4-2-3-5-9(8)10-7;/h2*2-5,7H,1,6H2;. The second kappa shape index (κ2) is 6.00.